The van der Waals surface area contributed by atoms with Gasteiger partial charge in [-0.1, -0.05) is 0 Å². The molecule has 0 aliphatic carbocycles. The summed E-state index contributed by atoms with van der Waals surface area (Å²) in [5.74, 6) is 0.385. The molecular weight excluding hydrogens is 194 g/mol. The number of carbonyl (C=O) groups is 2. The molecule has 0 atom stereocenters. The minimum absolute atomic E-state index is 0.0462. The minimum atomic E-state index is -0.0462. The second-order valence-electron chi connectivity index (χ2n) is 3.06. The highest BCUT2D eigenvalue weighted by atomic mass is 16.5. The van der Waals surface area contributed by atoms with Crippen LogP contribution in [0.3, 0.4) is 0 Å². The standard InChI is InChI=1S/C11H13NO3/c1-3-12(2)11(14)9-4-6-10(7-5-9)15-8-13/h4-8H,3H2,1-2H3. The number of nitrogens with zero attached hydrogens (tertiary/aromatic N) is 1. The fraction of sp³-hybridized carbons (Fsp3) is 0.273. The molecule has 4 heteroatoms. The van der Waals surface area contributed by atoms with Crippen LogP contribution in [0.1, 0.15) is 17.3 Å². The normalized spacial score (nSPS) is 9.47. The summed E-state index contributed by atoms with van der Waals surface area (Å²) < 4.78 is 4.62. The molecule has 1 aromatic carbocycles. The maximum absolute atomic E-state index is 11.7. The summed E-state index contributed by atoms with van der Waals surface area (Å²) in [7, 11) is 1.73. The van der Waals surface area contributed by atoms with Crippen LogP contribution in [0, 0.1) is 0 Å². The van der Waals surface area contributed by atoms with Crippen LogP contribution >= 0.6 is 0 Å². The van der Waals surface area contributed by atoms with Crippen LogP contribution in [-0.2, 0) is 4.79 Å². The molecule has 0 saturated carbocycles. The average Bonchev–Trinajstić information content (AvgIpc) is 2.28. The summed E-state index contributed by atoms with van der Waals surface area (Å²) in [6, 6.07) is 6.44. The molecule has 0 unspecified atom stereocenters. The van der Waals surface area contributed by atoms with Crippen LogP contribution in [-0.4, -0.2) is 30.9 Å². The van der Waals surface area contributed by atoms with E-state index in [1.54, 1.807) is 36.2 Å². The van der Waals surface area contributed by atoms with E-state index in [1.807, 2.05) is 6.92 Å². The summed E-state index contributed by atoms with van der Waals surface area (Å²) in [5.41, 5.74) is 0.581. The first-order chi connectivity index (χ1) is 7.19. The van der Waals surface area contributed by atoms with Crippen molar-refractivity contribution in [3.8, 4) is 5.75 Å². The van der Waals surface area contributed by atoms with Gasteiger partial charge < -0.3 is 9.64 Å². The van der Waals surface area contributed by atoms with Crippen molar-refractivity contribution in [3.63, 3.8) is 0 Å². The molecule has 1 rings (SSSR count). The van der Waals surface area contributed by atoms with Crippen LogP contribution < -0.4 is 4.74 Å². The third-order valence-corrected chi connectivity index (χ3v) is 2.11. The number of hydrogen-bond donors (Lipinski definition) is 0. The molecule has 0 aliphatic rings. The number of benzene rings is 1. The van der Waals surface area contributed by atoms with Crippen LogP contribution in [0.15, 0.2) is 24.3 Å². The van der Waals surface area contributed by atoms with Gasteiger partial charge in [-0.25, -0.2) is 0 Å². The van der Waals surface area contributed by atoms with E-state index in [-0.39, 0.29) is 5.91 Å². The Balaban J connectivity index is 2.79. The van der Waals surface area contributed by atoms with Crippen LogP contribution in [0.5, 0.6) is 5.75 Å². The van der Waals surface area contributed by atoms with Gasteiger partial charge in [0.05, 0.1) is 0 Å². The van der Waals surface area contributed by atoms with E-state index >= 15 is 0 Å². The molecule has 0 aliphatic heterocycles. The van der Waals surface area contributed by atoms with Crippen molar-refractivity contribution < 1.29 is 14.3 Å². The smallest absolute Gasteiger partial charge is 0.298 e. The highest BCUT2D eigenvalue weighted by Crippen LogP contribution is 2.12. The van der Waals surface area contributed by atoms with Gasteiger partial charge in [-0.2, -0.15) is 0 Å². The Morgan fingerprint density at radius 2 is 2.00 bits per heavy atom. The monoisotopic (exact) mass is 207 g/mol. The Morgan fingerprint density at radius 1 is 1.40 bits per heavy atom. The topological polar surface area (TPSA) is 46.6 Å². The lowest BCUT2D eigenvalue weighted by atomic mass is 10.2. The van der Waals surface area contributed by atoms with Crippen molar-refractivity contribution in [3.05, 3.63) is 29.8 Å². The predicted octanol–water partition coefficient (Wildman–Crippen LogP) is 1.31. The molecule has 0 N–H and O–H groups in total. The molecule has 0 fully saturated rings. The van der Waals surface area contributed by atoms with Crippen molar-refractivity contribution in [2.75, 3.05) is 13.6 Å². The largest absolute Gasteiger partial charge is 0.429 e. The van der Waals surface area contributed by atoms with Crippen LogP contribution in [0.25, 0.3) is 0 Å². The Morgan fingerprint density at radius 3 is 2.47 bits per heavy atom. The number of carbonyl (C=O) groups excluding carboxylic acids is 2. The summed E-state index contributed by atoms with van der Waals surface area (Å²) in [4.78, 5) is 23.3. The molecule has 1 aromatic rings. The van der Waals surface area contributed by atoms with E-state index in [2.05, 4.69) is 4.74 Å². The van der Waals surface area contributed by atoms with Crippen LogP contribution in [0.4, 0.5) is 0 Å². The number of amides is 1. The van der Waals surface area contributed by atoms with Gasteiger partial charge >= 0.3 is 0 Å². The molecule has 0 saturated heterocycles. The zero-order valence-corrected chi connectivity index (χ0v) is 8.77. The first-order valence-electron chi connectivity index (χ1n) is 4.65. The third-order valence-electron chi connectivity index (χ3n) is 2.11. The van der Waals surface area contributed by atoms with Gasteiger partial charge in [0.15, 0.2) is 0 Å². The zero-order valence-electron chi connectivity index (χ0n) is 8.77. The third kappa shape index (κ3) is 2.80. The van der Waals surface area contributed by atoms with Gasteiger partial charge in [0.1, 0.15) is 5.75 Å². The fourth-order valence-electron chi connectivity index (χ4n) is 1.10. The van der Waals surface area contributed by atoms with E-state index in [9.17, 15) is 9.59 Å². The quantitative estimate of drug-likeness (QED) is 0.699. The SMILES string of the molecule is CCN(C)C(=O)c1ccc(OC=O)cc1. The molecular formula is C11H13NO3. The maximum atomic E-state index is 11.7. The van der Waals surface area contributed by atoms with Crippen molar-refractivity contribution in [2.45, 2.75) is 6.92 Å². The van der Waals surface area contributed by atoms with Crippen molar-refractivity contribution in [2.24, 2.45) is 0 Å². The van der Waals surface area contributed by atoms with E-state index in [0.717, 1.165) is 0 Å². The molecule has 80 valence electrons. The molecule has 0 spiro atoms. The van der Waals surface area contributed by atoms with Gasteiger partial charge in [0, 0.05) is 19.2 Å². The summed E-state index contributed by atoms with van der Waals surface area (Å²) in [6.07, 6.45) is 0. The Hall–Kier alpha value is -1.84. The molecule has 1 amide bonds. The molecule has 0 heterocycles. The molecule has 15 heavy (non-hydrogen) atoms. The summed E-state index contributed by atoms with van der Waals surface area (Å²) >= 11 is 0. The highest BCUT2D eigenvalue weighted by Gasteiger charge is 2.09. The van der Waals surface area contributed by atoms with Gasteiger partial charge in [0.2, 0.25) is 0 Å². The summed E-state index contributed by atoms with van der Waals surface area (Å²) in [6.45, 7) is 2.92. The van der Waals surface area contributed by atoms with Crippen molar-refractivity contribution >= 4 is 12.4 Å². The van der Waals surface area contributed by atoms with Crippen molar-refractivity contribution in [1.29, 1.82) is 0 Å². The first kappa shape index (κ1) is 11.2. The maximum Gasteiger partial charge on any atom is 0.298 e. The Bertz CT molecular complexity index is 345. The van der Waals surface area contributed by atoms with Crippen molar-refractivity contribution in [1.82, 2.24) is 4.90 Å². The predicted molar refractivity (Wildman–Crippen MR) is 55.8 cm³/mol. The highest BCUT2D eigenvalue weighted by molar-refractivity contribution is 5.94. The number of hydrogen-bond acceptors (Lipinski definition) is 3. The lowest BCUT2D eigenvalue weighted by molar-refractivity contribution is -0.120. The molecule has 4 nitrogen and oxygen atoms in total. The van der Waals surface area contributed by atoms with Gasteiger partial charge in [-0.05, 0) is 31.2 Å². The van der Waals surface area contributed by atoms with E-state index in [4.69, 9.17) is 0 Å². The van der Waals surface area contributed by atoms with E-state index < -0.39 is 0 Å². The first-order valence-corrected chi connectivity index (χ1v) is 4.65. The summed E-state index contributed by atoms with van der Waals surface area (Å²) in [5, 5.41) is 0. The molecule has 0 radical (unpaired) electrons. The van der Waals surface area contributed by atoms with Gasteiger partial charge in [-0.3, -0.25) is 9.59 Å². The lowest BCUT2D eigenvalue weighted by Gasteiger charge is -2.14. The number of ether oxygens (including phenoxy) is 1. The lowest BCUT2D eigenvalue weighted by Crippen LogP contribution is -2.26. The van der Waals surface area contributed by atoms with E-state index in [0.29, 0.717) is 24.3 Å². The van der Waals surface area contributed by atoms with Crippen LogP contribution in [0.2, 0.25) is 0 Å². The Labute approximate surface area is 88.5 Å². The van der Waals surface area contributed by atoms with Gasteiger partial charge in [0.25, 0.3) is 12.4 Å². The van der Waals surface area contributed by atoms with E-state index in [1.165, 1.54) is 0 Å². The Kier molecular flexibility index (Phi) is 3.85. The second-order valence-corrected chi connectivity index (χ2v) is 3.06. The fourth-order valence-corrected chi connectivity index (χ4v) is 1.10. The minimum Gasteiger partial charge on any atom is -0.429 e. The average molecular weight is 207 g/mol. The second kappa shape index (κ2) is 5.14. The molecule has 0 aromatic heterocycles. The molecule has 0 bridgehead atoms. The zero-order chi connectivity index (χ0) is 11.3. The van der Waals surface area contributed by atoms with Gasteiger partial charge in [-0.15, -0.1) is 0 Å². The number of rotatable bonds is 4.